The minimum atomic E-state index is -3.23. The van der Waals surface area contributed by atoms with Crippen molar-refractivity contribution in [2.45, 2.75) is 123 Å². The van der Waals surface area contributed by atoms with Crippen LogP contribution < -0.4 is 10.4 Å². The van der Waals surface area contributed by atoms with Crippen LogP contribution in [0.2, 0.25) is 5.04 Å². The SMILES string of the molecule is CC(C)=CCC/C(C)=C/[C@@H]1CC(C)=C[C@]2(C=C(CCC(C)(C)[Si](O)(c3ccccc3)c3ccccc3)[C@H]3CC(OCc4cn(-c5ccccc5)nn4)C(C)=C[C@H]3O2)O1. The standard InChI is InChI=1S/C50H61N3O4Si/c1-36(2)18-17-19-37(3)28-43-29-38(4)32-50(56-43)33-40(26-27-49(6,7)58(54,44-22-13-9-14-23-44)45-24-15-10-16-25-45)46-31-47(39(5)30-48(46)57-50)55-35-41-34-53(52-51-41)42-20-11-8-12-21-42/h8-16,18,20-25,28,30,32-34,43,46-48,54H,17,19,26-27,29,31,35H2,1-7H3/b37-28+/t43-,46-,47?,48-,50+/m1/s1. The summed E-state index contributed by atoms with van der Waals surface area (Å²) in [6.07, 6.45) is 18.1. The van der Waals surface area contributed by atoms with E-state index in [1.807, 2.05) is 72.9 Å². The van der Waals surface area contributed by atoms with E-state index in [2.05, 4.69) is 113 Å². The fraction of sp³-hybridized carbons (Fsp3) is 0.400. The Balaban J connectivity index is 1.18. The Kier molecular flexibility index (Phi) is 12.8. The molecule has 5 atom stereocenters. The van der Waals surface area contributed by atoms with Crippen LogP contribution in [0.3, 0.4) is 0 Å². The summed E-state index contributed by atoms with van der Waals surface area (Å²) in [5.74, 6) is -0.908. The van der Waals surface area contributed by atoms with Crippen LogP contribution in [-0.4, -0.2) is 52.2 Å². The number of ether oxygens (including phenoxy) is 3. The number of nitrogens with zero attached hydrogens (tertiary/aromatic N) is 3. The lowest BCUT2D eigenvalue weighted by Crippen LogP contribution is -2.65. The summed E-state index contributed by atoms with van der Waals surface area (Å²) in [6.45, 7) is 15.7. The molecular formula is C50H61N3O4Si. The normalized spacial score (nSPS) is 23.8. The molecule has 1 unspecified atom stereocenters. The largest absolute Gasteiger partial charge is 0.424 e. The van der Waals surface area contributed by atoms with E-state index in [1.165, 1.54) is 22.3 Å². The molecule has 3 aliphatic rings. The summed E-state index contributed by atoms with van der Waals surface area (Å²) in [7, 11) is -3.23. The van der Waals surface area contributed by atoms with E-state index < -0.39 is 19.1 Å². The number of hydrogen-bond donors (Lipinski definition) is 1. The Morgan fingerprint density at radius 2 is 1.59 bits per heavy atom. The number of hydrogen-bond acceptors (Lipinski definition) is 6. The van der Waals surface area contributed by atoms with Crippen molar-refractivity contribution >= 4 is 18.7 Å². The van der Waals surface area contributed by atoms with Crippen LogP contribution in [0.5, 0.6) is 0 Å². The molecule has 7 nitrogen and oxygen atoms in total. The van der Waals surface area contributed by atoms with Gasteiger partial charge in [-0.2, -0.15) is 0 Å². The highest BCUT2D eigenvalue weighted by molar-refractivity contribution is 6.98. The molecule has 304 valence electrons. The highest BCUT2D eigenvalue weighted by Gasteiger charge is 2.51. The van der Waals surface area contributed by atoms with Crippen molar-refractivity contribution in [3.05, 3.63) is 161 Å². The van der Waals surface area contributed by atoms with Gasteiger partial charge in [0.05, 0.1) is 36.8 Å². The lowest BCUT2D eigenvalue weighted by atomic mass is 9.76. The highest BCUT2D eigenvalue weighted by atomic mass is 28.4. The lowest BCUT2D eigenvalue weighted by molar-refractivity contribution is -0.226. The van der Waals surface area contributed by atoms with Crippen molar-refractivity contribution in [3.63, 3.8) is 0 Å². The molecule has 1 N–H and O–H groups in total. The average molecular weight is 796 g/mol. The zero-order valence-electron chi connectivity index (χ0n) is 35.4. The third kappa shape index (κ3) is 9.38. The molecule has 0 bridgehead atoms. The van der Waals surface area contributed by atoms with Gasteiger partial charge < -0.3 is 19.0 Å². The highest BCUT2D eigenvalue weighted by Crippen LogP contribution is 2.48. The van der Waals surface area contributed by atoms with E-state index in [4.69, 9.17) is 14.2 Å². The maximum atomic E-state index is 13.1. The van der Waals surface area contributed by atoms with Gasteiger partial charge in [-0.3, -0.25) is 0 Å². The maximum Gasteiger partial charge on any atom is 0.258 e. The molecule has 7 rings (SSSR count). The van der Waals surface area contributed by atoms with Gasteiger partial charge in [-0.15, -0.1) is 5.10 Å². The molecule has 2 aliphatic heterocycles. The van der Waals surface area contributed by atoms with Gasteiger partial charge in [0.2, 0.25) is 5.79 Å². The fourth-order valence-corrected chi connectivity index (χ4v) is 12.8. The number of benzene rings is 3. The fourth-order valence-electron chi connectivity index (χ4n) is 9.03. The van der Waals surface area contributed by atoms with Crippen LogP contribution in [0.15, 0.2) is 155 Å². The van der Waals surface area contributed by atoms with E-state index in [1.54, 1.807) is 4.68 Å². The summed E-state index contributed by atoms with van der Waals surface area (Å²) in [6, 6.07) is 30.7. The molecule has 3 heterocycles. The summed E-state index contributed by atoms with van der Waals surface area (Å²) < 4.78 is 22.6. The van der Waals surface area contributed by atoms with Crippen molar-refractivity contribution in [2.24, 2.45) is 5.92 Å². The van der Waals surface area contributed by atoms with Gasteiger partial charge in [-0.05, 0) is 118 Å². The first-order chi connectivity index (χ1) is 27.8. The minimum Gasteiger partial charge on any atom is -0.424 e. The van der Waals surface area contributed by atoms with E-state index in [-0.39, 0.29) is 24.2 Å². The molecule has 4 aromatic rings. The average Bonchev–Trinajstić information content (AvgIpc) is 3.68. The first kappa shape index (κ1) is 41.7. The van der Waals surface area contributed by atoms with Gasteiger partial charge in [0.15, 0.2) is 0 Å². The molecule has 0 radical (unpaired) electrons. The van der Waals surface area contributed by atoms with Gasteiger partial charge in [0, 0.05) is 5.92 Å². The van der Waals surface area contributed by atoms with E-state index in [0.717, 1.165) is 65.9 Å². The smallest absolute Gasteiger partial charge is 0.258 e. The molecule has 1 spiro atoms. The molecular weight excluding hydrogens is 735 g/mol. The minimum absolute atomic E-state index is 0.0809. The van der Waals surface area contributed by atoms with E-state index >= 15 is 0 Å². The Morgan fingerprint density at radius 3 is 2.24 bits per heavy atom. The molecule has 0 fully saturated rings. The van der Waals surface area contributed by atoms with E-state index in [9.17, 15) is 4.80 Å². The lowest BCUT2D eigenvalue weighted by Gasteiger charge is -2.48. The topological polar surface area (TPSA) is 78.6 Å². The molecule has 0 saturated carbocycles. The molecule has 1 aromatic heterocycles. The molecule has 1 aliphatic carbocycles. The van der Waals surface area contributed by atoms with Crippen molar-refractivity contribution in [1.82, 2.24) is 15.0 Å². The molecule has 8 heteroatoms. The molecule has 3 aromatic carbocycles. The van der Waals surface area contributed by atoms with Crippen LogP contribution >= 0.6 is 0 Å². The molecule has 0 amide bonds. The monoisotopic (exact) mass is 795 g/mol. The van der Waals surface area contributed by atoms with Gasteiger partial charge in [0.1, 0.15) is 5.69 Å². The van der Waals surface area contributed by atoms with Gasteiger partial charge in [0.25, 0.3) is 8.32 Å². The number of aromatic nitrogens is 3. The number of fused-ring (bicyclic) bond motifs is 1. The third-order valence-corrected chi connectivity index (χ3v) is 16.8. The van der Waals surface area contributed by atoms with Crippen LogP contribution in [0.4, 0.5) is 0 Å². The number of para-hydroxylation sites is 1. The summed E-state index contributed by atoms with van der Waals surface area (Å²) in [4.78, 5) is 13.1. The summed E-state index contributed by atoms with van der Waals surface area (Å²) in [5, 5.41) is 10.4. The van der Waals surface area contributed by atoms with E-state index in [0.29, 0.717) is 6.61 Å². The zero-order valence-corrected chi connectivity index (χ0v) is 36.4. The van der Waals surface area contributed by atoms with Crippen LogP contribution in [0.25, 0.3) is 5.69 Å². The second kappa shape index (κ2) is 17.8. The van der Waals surface area contributed by atoms with Crippen molar-refractivity contribution in [3.8, 4) is 5.69 Å². The van der Waals surface area contributed by atoms with Crippen molar-refractivity contribution in [1.29, 1.82) is 0 Å². The number of allylic oxidation sites excluding steroid dienone is 3. The second-order valence-electron chi connectivity index (χ2n) is 17.6. The molecule has 58 heavy (non-hydrogen) atoms. The van der Waals surface area contributed by atoms with Crippen molar-refractivity contribution < 1.29 is 19.0 Å². The predicted octanol–water partition coefficient (Wildman–Crippen LogP) is 9.88. The Morgan fingerprint density at radius 1 is 0.931 bits per heavy atom. The third-order valence-electron chi connectivity index (χ3n) is 12.2. The van der Waals surface area contributed by atoms with Crippen LogP contribution in [0, 0.1) is 5.92 Å². The van der Waals surface area contributed by atoms with Crippen LogP contribution in [-0.2, 0) is 20.8 Å². The first-order valence-corrected chi connectivity index (χ1v) is 22.9. The quantitative estimate of drug-likeness (QED) is 0.101. The number of rotatable bonds is 14. The van der Waals surface area contributed by atoms with Gasteiger partial charge in [-0.1, -0.05) is 138 Å². The Labute approximate surface area is 347 Å². The van der Waals surface area contributed by atoms with Gasteiger partial charge in [-0.25, -0.2) is 4.68 Å². The summed E-state index contributed by atoms with van der Waals surface area (Å²) >= 11 is 0. The van der Waals surface area contributed by atoms with Gasteiger partial charge >= 0.3 is 0 Å². The maximum absolute atomic E-state index is 13.1. The van der Waals surface area contributed by atoms with Crippen LogP contribution in [0.1, 0.15) is 92.7 Å². The van der Waals surface area contributed by atoms with Crippen molar-refractivity contribution in [2.75, 3.05) is 0 Å². The summed E-state index contributed by atoms with van der Waals surface area (Å²) in [5.41, 5.74) is 8.12. The Bertz CT molecular complexity index is 2130. The Hall–Kier alpha value is -4.44. The molecule has 0 saturated heterocycles. The zero-order chi connectivity index (χ0) is 40.9. The second-order valence-corrected chi connectivity index (χ2v) is 21.5. The first-order valence-electron chi connectivity index (χ1n) is 21.0. The predicted molar refractivity (Wildman–Crippen MR) is 237 cm³/mol.